The first-order valence-electron chi connectivity index (χ1n) is 4.66. The molecule has 0 bridgehead atoms. The van der Waals surface area contributed by atoms with Gasteiger partial charge in [0.25, 0.3) is 0 Å². The highest BCUT2D eigenvalue weighted by Gasteiger charge is 2.25. The predicted octanol–water partition coefficient (Wildman–Crippen LogP) is 1.65. The van der Waals surface area contributed by atoms with Gasteiger partial charge in [-0.3, -0.25) is 0 Å². The molecule has 1 aromatic rings. The van der Waals surface area contributed by atoms with E-state index in [2.05, 4.69) is 0 Å². The summed E-state index contributed by atoms with van der Waals surface area (Å²) in [6, 6.07) is 4.60. The first-order chi connectivity index (χ1) is 7.07. The average Bonchev–Trinajstić information content (AvgIpc) is 2.28. The third kappa shape index (κ3) is 2.27. The molecule has 84 valence electrons. The van der Waals surface area contributed by atoms with Gasteiger partial charge in [0.05, 0.1) is 7.11 Å². The van der Waals surface area contributed by atoms with Crippen LogP contribution in [0.4, 0.5) is 4.39 Å². The fourth-order valence-electron chi connectivity index (χ4n) is 1.31. The first-order valence-corrected chi connectivity index (χ1v) is 4.66. The highest BCUT2D eigenvalue weighted by Crippen LogP contribution is 2.28. The van der Waals surface area contributed by atoms with Gasteiger partial charge in [-0.25, -0.2) is 4.39 Å². The molecule has 0 fully saturated rings. The van der Waals surface area contributed by atoms with Crippen molar-refractivity contribution in [2.75, 3.05) is 20.8 Å². The summed E-state index contributed by atoms with van der Waals surface area (Å²) in [7, 11) is 3.00. The number of hydrogen-bond donors (Lipinski definition) is 1. The number of methoxy groups -OCH3 is 2. The number of ether oxygens (including phenoxy) is 2. The van der Waals surface area contributed by atoms with Crippen LogP contribution in [0.15, 0.2) is 18.2 Å². The molecule has 0 aliphatic rings. The highest BCUT2D eigenvalue weighted by molar-refractivity contribution is 5.33. The van der Waals surface area contributed by atoms with Crippen LogP contribution in [0.2, 0.25) is 0 Å². The summed E-state index contributed by atoms with van der Waals surface area (Å²) >= 11 is 0. The molecule has 1 atom stereocenters. The lowest BCUT2D eigenvalue weighted by atomic mass is 9.95. The molecule has 3 nitrogen and oxygen atoms in total. The Hall–Kier alpha value is -1.13. The van der Waals surface area contributed by atoms with Crippen molar-refractivity contribution < 1.29 is 13.9 Å². The van der Waals surface area contributed by atoms with Crippen LogP contribution < -0.4 is 10.5 Å². The van der Waals surface area contributed by atoms with Crippen molar-refractivity contribution in [1.29, 1.82) is 0 Å². The normalized spacial score (nSPS) is 14.7. The van der Waals surface area contributed by atoms with Gasteiger partial charge in [0.15, 0.2) is 11.6 Å². The van der Waals surface area contributed by atoms with Gasteiger partial charge in [0.1, 0.15) is 5.60 Å². The SMILES string of the molecule is COc1cc(C(C)(CN)OC)ccc1F. The molecule has 0 aromatic heterocycles. The number of rotatable bonds is 4. The van der Waals surface area contributed by atoms with Gasteiger partial charge in [-0.2, -0.15) is 0 Å². The van der Waals surface area contributed by atoms with Crippen molar-refractivity contribution in [3.63, 3.8) is 0 Å². The molecule has 0 heterocycles. The summed E-state index contributed by atoms with van der Waals surface area (Å²) in [6.07, 6.45) is 0. The summed E-state index contributed by atoms with van der Waals surface area (Å²) in [5.41, 5.74) is 5.81. The third-order valence-corrected chi connectivity index (χ3v) is 2.60. The lowest BCUT2D eigenvalue weighted by Crippen LogP contribution is -2.33. The lowest BCUT2D eigenvalue weighted by Gasteiger charge is -2.27. The van der Waals surface area contributed by atoms with Crippen LogP contribution in [-0.2, 0) is 10.3 Å². The second-order valence-corrected chi connectivity index (χ2v) is 3.49. The van der Waals surface area contributed by atoms with Crippen molar-refractivity contribution in [1.82, 2.24) is 0 Å². The predicted molar refractivity (Wildman–Crippen MR) is 56.4 cm³/mol. The van der Waals surface area contributed by atoms with Gasteiger partial charge in [-0.05, 0) is 24.6 Å². The van der Waals surface area contributed by atoms with E-state index in [1.165, 1.54) is 13.2 Å². The zero-order valence-electron chi connectivity index (χ0n) is 9.21. The van der Waals surface area contributed by atoms with Gasteiger partial charge in [-0.1, -0.05) is 6.07 Å². The Morgan fingerprint density at radius 2 is 2.07 bits per heavy atom. The fourth-order valence-corrected chi connectivity index (χ4v) is 1.31. The van der Waals surface area contributed by atoms with Crippen molar-refractivity contribution in [3.8, 4) is 5.75 Å². The Bertz CT molecular complexity index is 337. The van der Waals surface area contributed by atoms with Gasteiger partial charge >= 0.3 is 0 Å². The van der Waals surface area contributed by atoms with E-state index in [0.29, 0.717) is 6.54 Å². The molecule has 1 rings (SSSR count). The quantitative estimate of drug-likeness (QED) is 0.827. The molecule has 0 amide bonds. The Labute approximate surface area is 89.0 Å². The van der Waals surface area contributed by atoms with E-state index in [9.17, 15) is 4.39 Å². The number of nitrogens with two attached hydrogens (primary N) is 1. The van der Waals surface area contributed by atoms with Gasteiger partial charge < -0.3 is 15.2 Å². The summed E-state index contributed by atoms with van der Waals surface area (Å²) < 4.78 is 23.4. The largest absolute Gasteiger partial charge is 0.494 e. The molecule has 15 heavy (non-hydrogen) atoms. The minimum absolute atomic E-state index is 0.198. The van der Waals surface area contributed by atoms with Crippen LogP contribution >= 0.6 is 0 Å². The third-order valence-electron chi connectivity index (χ3n) is 2.60. The van der Waals surface area contributed by atoms with E-state index in [-0.39, 0.29) is 5.75 Å². The second-order valence-electron chi connectivity index (χ2n) is 3.49. The molecule has 1 aromatic carbocycles. The van der Waals surface area contributed by atoms with Gasteiger partial charge in [-0.15, -0.1) is 0 Å². The average molecular weight is 213 g/mol. The second kappa shape index (κ2) is 4.59. The fraction of sp³-hybridized carbons (Fsp3) is 0.455. The smallest absolute Gasteiger partial charge is 0.165 e. The Balaban J connectivity index is 3.15. The molecule has 4 heteroatoms. The van der Waals surface area contributed by atoms with Crippen LogP contribution in [0.5, 0.6) is 5.75 Å². The highest BCUT2D eigenvalue weighted by atomic mass is 19.1. The molecule has 0 aliphatic carbocycles. The van der Waals surface area contributed by atoms with Crippen molar-refractivity contribution in [3.05, 3.63) is 29.6 Å². The number of benzene rings is 1. The van der Waals surface area contributed by atoms with E-state index >= 15 is 0 Å². The van der Waals surface area contributed by atoms with Crippen LogP contribution in [0.25, 0.3) is 0 Å². The molecular weight excluding hydrogens is 197 g/mol. The molecule has 0 spiro atoms. The maximum absolute atomic E-state index is 13.2. The zero-order valence-corrected chi connectivity index (χ0v) is 9.21. The molecule has 1 unspecified atom stereocenters. The van der Waals surface area contributed by atoms with Gasteiger partial charge in [0, 0.05) is 13.7 Å². The molecule has 0 saturated carbocycles. The van der Waals surface area contributed by atoms with E-state index < -0.39 is 11.4 Å². The monoisotopic (exact) mass is 213 g/mol. The van der Waals surface area contributed by atoms with Gasteiger partial charge in [0.2, 0.25) is 0 Å². The Morgan fingerprint density at radius 1 is 1.40 bits per heavy atom. The number of halogens is 1. The van der Waals surface area contributed by atoms with E-state index in [1.54, 1.807) is 19.2 Å². The van der Waals surface area contributed by atoms with Crippen LogP contribution in [-0.4, -0.2) is 20.8 Å². The van der Waals surface area contributed by atoms with Crippen LogP contribution in [0.3, 0.4) is 0 Å². The molecule has 2 N–H and O–H groups in total. The van der Waals surface area contributed by atoms with Crippen LogP contribution in [0, 0.1) is 5.82 Å². The summed E-state index contributed by atoms with van der Waals surface area (Å²) in [5.74, 6) is -0.194. The van der Waals surface area contributed by atoms with E-state index in [1.807, 2.05) is 6.92 Å². The standard InChI is InChI=1S/C11H16FNO2/c1-11(7-13,15-3)8-4-5-9(12)10(6-8)14-2/h4-6H,7,13H2,1-3H3. The maximum Gasteiger partial charge on any atom is 0.165 e. The van der Waals surface area contributed by atoms with E-state index in [0.717, 1.165) is 5.56 Å². The van der Waals surface area contributed by atoms with Crippen LogP contribution in [0.1, 0.15) is 12.5 Å². The summed E-state index contributed by atoms with van der Waals surface area (Å²) in [6.45, 7) is 2.16. The minimum Gasteiger partial charge on any atom is -0.494 e. The molecule has 0 aliphatic heterocycles. The van der Waals surface area contributed by atoms with Crippen molar-refractivity contribution in [2.45, 2.75) is 12.5 Å². The maximum atomic E-state index is 13.2. The lowest BCUT2D eigenvalue weighted by molar-refractivity contribution is 0.00985. The van der Waals surface area contributed by atoms with E-state index in [4.69, 9.17) is 15.2 Å². The summed E-state index contributed by atoms with van der Waals surface area (Å²) in [5, 5.41) is 0. The molecule has 0 radical (unpaired) electrons. The van der Waals surface area contributed by atoms with Crippen molar-refractivity contribution >= 4 is 0 Å². The van der Waals surface area contributed by atoms with Crippen molar-refractivity contribution in [2.24, 2.45) is 5.73 Å². The Kier molecular flexibility index (Phi) is 3.66. The Morgan fingerprint density at radius 3 is 2.53 bits per heavy atom. The topological polar surface area (TPSA) is 44.5 Å². The molecular formula is C11H16FNO2. The summed E-state index contributed by atoms with van der Waals surface area (Å²) in [4.78, 5) is 0. The molecule has 0 saturated heterocycles. The zero-order chi connectivity index (χ0) is 11.5. The minimum atomic E-state index is -0.610. The first kappa shape index (κ1) is 11.9. The number of hydrogen-bond acceptors (Lipinski definition) is 3.